The molecule has 1 aromatic heterocycles. The molecule has 0 fully saturated rings. The third-order valence-corrected chi connectivity index (χ3v) is 3.14. The van der Waals surface area contributed by atoms with Gasteiger partial charge < -0.3 is 14.5 Å². The Kier molecular flexibility index (Phi) is 4.58. The van der Waals surface area contributed by atoms with Crippen LogP contribution in [0.25, 0.3) is 0 Å². The van der Waals surface area contributed by atoms with Crippen molar-refractivity contribution in [2.75, 3.05) is 14.2 Å². The van der Waals surface area contributed by atoms with Crippen molar-refractivity contribution < 1.29 is 13.5 Å². The van der Waals surface area contributed by atoms with Crippen LogP contribution in [0.15, 0.2) is 34.7 Å². The third-order valence-electron chi connectivity index (χ3n) is 2.82. The lowest BCUT2D eigenvalue weighted by molar-refractivity contribution is 0.162. The molecule has 0 saturated carbocycles. The molecular weight excluding hydrogens is 269 g/mol. The average Bonchev–Trinajstić information content (AvgIpc) is 2.82. The molecule has 0 radical (unpaired) electrons. The molecule has 0 aliphatic rings. The first-order valence-corrected chi connectivity index (χ1v) is 6.23. The summed E-state index contributed by atoms with van der Waals surface area (Å²) < 4.78 is 23.8. The lowest BCUT2D eigenvalue weighted by Gasteiger charge is -2.15. The van der Waals surface area contributed by atoms with Crippen LogP contribution in [0.1, 0.15) is 23.1 Å². The third kappa shape index (κ3) is 3.15. The smallest absolute Gasteiger partial charge is 0.129 e. The Morgan fingerprint density at radius 1 is 1.37 bits per heavy atom. The number of methoxy groups -OCH3 is 1. The van der Waals surface area contributed by atoms with Gasteiger partial charge in [0.2, 0.25) is 0 Å². The van der Waals surface area contributed by atoms with Gasteiger partial charge in [-0.3, -0.25) is 0 Å². The minimum Gasteiger partial charge on any atom is -0.462 e. The van der Waals surface area contributed by atoms with E-state index < -0.39 is 0 Å². The molecule has 1 atom stereocenters. The second-order valence-electron chi connectivity index (χ2n) is 4.12. The number of halogens is 2. The van der Waals surface area contributed by atoms with Gasteiger partial charge in [-0.2, -0.15) is 0 Å². The monoisotopic (exact) mass is 283 g/mol. The molecule has 0 saturated heterocycles. The van der Waals surface area contributed by atoms with E-state index in [1.165, 1.54) is 12.1 Å². The van der Waals surface area contributed by atoms with E-state index in [9.17, 15) is 4.39 Å². The van der Waals surface area contributed by atoms with Crippen LogP contribution >= 0.6 is 11.6 Å². The molecule has 102 valence electrons. The molecule has 1 heterocycles. The van der Waals surface area contributed by atoms with Crippen molar-refractivity contribution in [3.8, 4) is 0 Å². The lowest BCUT2D eigenvalue weighted by Crippen LogP contribution is -2.17. The lowest BCUT2D eigenvalue weighted by atomic mass is 10.0. The molecule has 1 aromatic carbocycles. The molecule has 19 heavy (non-hydrogen) atoms. The van der Waals surface area contributed by atoms with Gasteiger partial charge in [0.05, 0.1) is 6.04 Å². The maximum absolute atomic E-state index is 13.1. The SMILES string of the molecule is CNC(c1ccc(COC)o1)c1ccc(F)cc1Cl. The van der Waals surface area contributed by atoms with Crippen molar-refractivity contribution in [1.82, 2.24) is 5.32 Å². The summed E-state index contributed by atoms with van der Waals surface area (Å²) in [6.07, 6.45) is 0. The maximum atomic E-state index is 13.1. The van der Waals surface area contributed by atoms with E-state index in [0.717, 1.165) is 11.3 Å². The zero-order valence-electron chi connectivity index (χ0n) is 10.7. The largest absolute Gasteiger partial charge is 0.462 e. The predicted octanol–water partition coefficient (Wildman–Crippen LogP) is 3.53. The summed E-state index contributed by atoms with van der Waals surface area (Å²) in [4.78, 5) is 0. The molecule has 2 aromatic rings. The van der Waals surface area contributed by atoms with Gasteiger partial charge in [-0.25, -0.2) is 4.39 Å². The van der Waals surface area contributed by atoms with Crippen LogP contribution in [0.5, 0.6) is 0 Å². The van der Waals surface area contributed by atoms with E-state index in [2.05, 4.69) is 5.32 Å². The number of hydrogen-bond donors (Lipinski definition) is 1. The Labute approximate surface area is 116 Å². The quantitative estimate of drug-likeness (QED) is 0.911. The number of nitrogens with one attached hydrogen (secondary N) is 1. The van der Waals surface area contributed by atoms with E-state index >= 15 is 0 Å². The van der Waals surface area contributed by atoms with E-state index in [1.807, 2.05) is 12.1 Å². The molecular formula is C14H15ClFNO2. The second-order valence-corrected chi connectivity index (χ2v) is 4.53. The first kappa shape index (κ1) is 14.1. The Balaban J connectivity index is 2.32. The molecule has 3 nitrogen and oxygen atoms in total. The van der Waals surface area contributed by atoms with Gasteiger partial charge in [0.15, 0.2) is 0 Å². The molecule has 0 spiro atoms. The van der Waals surface area contributed by atoms with E-state index in [0.29, 0.717) is 17.4 Å². The van der Waals surface area contributed by atoms with Gasteiger partial charge in [0, 0.05) is 12.1 Å². The van der Waals surface area contributed by atoms with Crippen molar-refractivity contribution >= 4 is 11.6 Å². The summed E-state index contributed by atoms with van der Waals surface area (Å²) >= 11 is 6.07. The van der Waals surface area contributed by atoms with E-state index in [-0.39, 0.29) is 11.9 Å². The van der Waals surface area contributed by atoms with Crippen molar-refractivity contribution in [2.24, 2.45) is 0 Å². The highest BCUT2D eigenvalue weighted by Crippen LogP contribution is 2.29. The predicted molar refractivity (Wildman–Crippen MR) is 71.7 cm³/mol. The molecule has 5 heteroatoms. The van der Waals surface area contributed by atoms with Crippen LogP contribution in [-0.2, 0) is 11.3 Å². The van der Waals surface area contributed by atoms with Crippen LogP contribution in [0.2, 0.25) is 5.02 Å². The summed E-state index contributed by atoms with van der Waals surface area (Å²) in [5, 5.41) is 3.47. The number of benzene rings is 1. The standard InChI is InChI=1S/C14H15ClFNO2/c1-17-14(11-5-3-9(16)7-12(11)15)13-6-4-10(19-13)8-18-2/h3-7,14,17H,8H2,1-2H3. The van der Waals surface area contributed by atoms with E-state index in [4.69, 9.17) is 20.8 Å². The molecule has 0 amide bonds. The zero-order valence-corrected chi connectivity index (χ0v) is 11.5. The fraction of sp³-hybridized carbons (Fsp3) is 0.286. The zero-order chi connectivity index (χ0) is 13.8. The van der Waals surface area contributed by atoms with Crippen LogP contribution in [0.3, 0.4) is 0 Å². The van der Waals surface area contributed by atoms with Gasteiger partial charge in [-0.1, -0.05) is 17.7 Å². The summed E-state index contributed by atoms with van der Waals surface area (Å²) in [7, 11) is 3.40. The Hall–Kier alpha value is -1.36. The highest BCUT2D eigenvalue weighted by Gasteiger charge is 2.19. The number of ether oxygens (including phenoxy) is 1. The normalized spacial score (nSPS) is 12.6. The second kappa shape index (κ2) is 6.19. The Morgan fingerprint density at radius 3 is 2.79 bits per heavy atom. The molecule has 1 unspecified atom stereocenters. The van der Waals surface area contributed by atoms with Gasteiger partial charge >= 0.3 is 0 Å². The first-order valence-electron chi connectivity index (χ1n) is 5.85. The van der Waals surface area contributed by atoms with Crippen LogP contribution in [0.4, 0.5) is 4.39 Å². The van der Waals surface area contributed by atoms with Gasteiger partial charge in [0.25, 0.3) is 0 Å². The fourth-order valence-electron chi connectivity index (χ4n) is 1.96. The number of rotatable bonds is 5. The molecule has 2 rings (SSSR count). The number of furan rings is 1. The molecule has 0 bridgehead atoms. The Morgan fingerprint density at radius 2 is 2.16 bits per heavy atom. The van der Waals surface area contributed by atoms with Gasteiger partial charge in [0.1, 0.15) is 23.9 Å². The van der Waals surface area contributed by atoms with E-state index in [1.54, 1.807) is 20.2 Å². The summed E-state index contributed by atoms with van der Waals surface area (Å²) in [6, 6.07) is 7.80. The van der Waals surface area contributed by atoms with Crippen LogP contribution < -0.4 is 5.32 Å². The summed E-state index contributed by atoms with van der Waals surface area (Å²) in [5.41, 5.74) is 0.767. The minimum absolute atomic E-state index is 0.223. The van der Waals surface area contributed by atoms with Crippen molar-refractivity contribution in [3.63, 3.8) is 0 Å². The fourth-order valence-corrected chi connectivity index (χ4v) is 2.23. The molecule has 1 N–H and O–H groups in total. The average molecular weight is 284 g/mol. The minimum atomic E-state index is -0.358. The van der Waals surface area contributed by atoms with Gasteiger partial charge in [-0.15, -0.1) is 0 Å². The Bertz CT molecular complexity index is 556. The van der Waals surface area contributed by atoms with Crippen molar-refractivity contribution in [2.45, 2.75) is 12.6 Å². The summed E-state index contributed by atoms with van der Waals surface area (Å²) in [6.45, 7) is 0.410. The highest BCUT2D eigenvalue weighted by atomic mass is 35.5. The maximum Gasteiger partial charge on any atom is 0.129 e. The summed E-state index contributed by atoms with van der Waals surface area (Å²) in [5.74, 6) is 1.09. The van der Waals surface area contributed by atoms with Crippen molar-refractivity contribution in [1.29, 1.82) is 0 Å². The topological polar surface area (TPSA) is 34.4 Å². The highest BCUT2D eigenvalue weighted by molar-refractivity contribution is 6.31. The van der Waals surface area contributed by atoms with Crippen LogP contribution in [-0.4, -0.2) is 14.2 Å². The molecule has 0 aliphatic carbocycles. The van der Waals surface area contributed by atoms with Gasteiger partial charge in [-0.05, 0) is 36.9 Å². The number of hydrogen-bond acceptors (Lipinski definition) is 3. The van der Waals surface area contributed by atoms with Crippen LogP contribution in [0, 0.1) is 5.82 Å². The first-order chi connectivity index (χ1) is 9.15. The van der Waals surface area contributed by atoms with Crippen molar-refractivity contribution in [3.05, 3.63) is 58.3 Å². The molecule has 0 aliphatic heterocycles.